The van der Waals surface area contributed by atoms with Crippen molar-refractivity contribution in [1.82, 2.24) is 9.13 Å². The van der Waals surface area contributed by atoms with Crippen molar-refractivity contribution >= 4 is 142 Å². The Morgan fingerprint density at radius 1 is 0.145 bits per heavy atom. The summed E-state index contributed by atoms with van der Waals surface area (Å²) in [7, 11) is 0. The molecule has 0 amide bonds. The zero-order chi connectivity index (χ0) is 82.0. The van der Waals surface area contributed by atoms with E-state index in [1.54, 1.807) is 0 Å². The minimum absolute atomic E-state index is 1.09. The van der Waals surface area contributed by atoms with E-state index in [4.69, 9.17) is 0 Å². The largest absolute Gasteiger partial charge is 0.311 e. The lowest BCUT2D eigenvalue weighted by Gasteiger charge is -2.28. The Morgan fingerprint density at radius 2 is 0.403 bits per heavy atom. The number of fused-ring (bicyclic) bond motifs is 20. The Hall–Kier alpha value is -16.4. The first-order chi connectivity index (χ1) is 61.6. The van der Waals surface area contributed by atoms with Gasteiger partial charge in [0.15, 0.2) is 0 Å². The topological polar surface area (TPSA) is 16.3 Å². The average Bonchev–Trinajstić information content (AvgIpc) is 1.47. The first-order valence-electron chi connectivity index (χ1n) is 42.7. The zero-order valence-corrected chi connectivity index (χ0v) is 68.0. The molecule has 0 atom stereocenters. The molecule has 2 heterocycles. The van der Waals surface area contributed by atoms with Crippen LogP contribution in [0.3, 0.4) is 0 Å². The molecule has 0 radical (unpaired) electrons. The lowest BCUT2D eigenvalue weighted by atomic mass is 9.88. The van der Waals surface area contributed by atoms with Crippen molar-refractivity contribution < 1.29 is 0 Å². The number of anilines is 6. The third-order valence-electron chi connectivity index (χ3n) is 25.1. The van der Waals surface area contributed by atoms with Crippen molar-refractivity contribution in [2.75, 3.05) is 9.80 Å². The van der Waals surface area contributed by atoms with Crippen molar-refractivity contribution in [2.45, 2.75) is 0 Å². The predicted molar refractivity (Wildman–Crippen MR) is 529 cm³/mol. The molecular formula is C120H80N4. The second-order valence-corrected chi connectivity index (χ2v) is 32.1. The fourth-order valence-corrected chi connectivity index (χ4v) is 19.5. The maximum atomic E-state index is 2.46. The number of benzene rings is 22. The number of aromatic nitrogens is 2. The van der Waals surface area contributed by atoms with Crippen LogP contribution in [0.5, 0.6) is 0 Å². The molecule has 0 aliphatic carbocycles. The van der Waals surface area contributed by atoms with E-state index in [1.165, 1.54) is 181 Å². The van der Waals surface area contributed by atoms with Crippen LogP contribution in [0.2, 0.25) is 0 Å². The molecule has 0 N–H and O–H groups in total. The van der Waals surface area contributed by atoms with E-state index < -0.39 is 0 Å². The van der Waals surface area contributed by atoms with E-state index in [2.05, 4.69) is 504 Å². The second kappa shape index (κ2) is 31.1. The standard InChI is InChI=1S/2C60H40N2/c1-4-18-41(19-5-1)42-32-36-46(37-33-42)61(56-30-16-14-24-48(56)43-20-6-2-7-21-43)47-38-34-44(35-39-47)54-40-55-50-26-11-13-28-52(50)60-59(58(55)51-27-12-10-25-49(51)54)53-29-15-17-31-57(53)62(60)45-22-8-3-9-23-45;1-4-16-41(17-5-1)42-28-30-43(31-29-42)44-32-36-48(37-33-44)61(46-18-6-2-7-19-46)49-38-34-45(35-39-49)55-40-56-51-23-11-13-25-53(51)60-59(58(56)52-24-12-10-22-50(52)55)54-26-14-15-27-57(54)62(60)47-20-8-3-9-21-47/h2*1-40H. The van der Waals surface area contributed by atoms with Crippen LogP contribution in [-0.2, 0) is 0 Å². The van der Waals surface area contributed by atoms with Gasteiger partial charge in [-0.25, -0.2) is 0 Å². The summed E-state index contributed by atoms with van der Waals surface area (Å²) in [6.45, 7) is 0. The van der Waals surface area contributed by atoms with Gasteiger partial charge in [-0.3, -0.25) is 0 Å². The van der Waals surface area contributed by atoms with Crippen LogP contribution in [0.25, 0.3) is 186 Å². The average molecular weight is 1580 g/mol. The van der Waals surface area contributed by atoms with E-state index in [-0.39, 0.29) is 0 Å². The van der Waals surface area contributed by atoms with Gasteiger partial charge in [0.2, 0.25) is 0 Å². The minimum atomic E-state index is 1.09. The Labute approximate surface area is 719 Å². The van der Waals surface area contributed by atoms with Crippen molar-refractivity contribution in [3.05, 3.63) is 485 Å². The minimum Gasteiger partial charge on any atom is -0.311 e. The first-order valence-corrected chi connectivity index (χ1v) is 42.7. The summed E-state index contributed by atoms with van der Waals surface area (Å²) in [5.74, 6) is 0. The van der Waals surface area contributed by atoms with Crippen LogP contribution in [0.4, 0.5) is 34.1 Å². The molecule has 0 spiro atoms. The van der Waals surface area contributed by atoms with Gasteiger partial charge in [0.1, 0.15) is 0 Å². The van der Waals surface area contributed by atoms with Crippen molar-refractivity contribution in [3.63, 3.8) is 0 Å². The van der Waals surface area contributed by atoms with Crippen molar-refractivity contribution in [2.24, 2.45) is 0 Å². The van der Waals surface area contributed by atoms with Gasteiger partial charge in [0.25, 0.3) is 0 Å². The Balaban J connectivity index is 0.000000143. The van der Waals surface area contributed by atoms with E-state index in [9.17, 15) is 0 Å². The zero-order valence-electron chi connectivity index (χ0n) is 68.0. The maximum absolute atomic E-state index is 2.46. The summed E-state index contributed by atoms with van der Waals surface area (Å²) < 4.78 is 4.92. The molecule has 0 saturated carbocycles. The monoisotopic (exact) mass is 1580 g/mol. The fourth-order valence-electron chi connectivity index (χ4n) is 19.5. The molecule has 580 valence electrons. The molecule has 0 fully saturated rings. The molecule has 0 aliphatic rings. The van der Waals surface area contributed by atoms with E-state index in [0.717, 1.165) is 39.8 Å². The maximum Gasteiger partial charge on any atom is 0.0626 e. The van der Waals surface area contributed by atoms with Gasteiger partial charge in [-0.15, -0.1) is 0 Å². The predicted octanol–water partition coefficient (Wildman–Crippen LogP) is 33.4. The molecule has 0 unspecified atom stereocenters. The number of nitrogens with zero attached hydrogens (tertiary/aromatic N) is 4. The van der Waals surface area contributed by atoms with Gasteiger partial charge in [-0.05, 0) is 220 Å². The van der Waals surface area contributed by atoms with Gasteiger partial charge in [-0.1, -0.05) is 370 Å². The van der Waals surface area contributed by atoms with Gasteiger partial charge < -0.3 is 18.9 Å². The van der Waals surface area contributed by atoms with E-state index in [1.807, 2.05) is 0 Å². The summed E-state index contributed by atoms with van der Waals surface area (Å²) in [5.41, 5.74) is 28.3. The quantitative estimate of drug-likeness (QED) is 0.101. The normalized spacial score (nSPS) is 11.5. The molecule has 4 nitrogen and oxygen atoms in total. The van der Waals surface area contributed by atoms with Gasteiger partial charge in [0, 0.05) is 88.5 Å². The van der Waals surface area contributed by atoms with Crippen molar-refractivity contribution in [1.29, 1.82) is 0 Å². The molecular weight excluding hydrogens is 1500 g/mol. The van der Waals surface area contributed by atoms with Crippen LogP contribution >= 0.6 is 0 Å². The molecule has 0 bridgehead atoms. The van der Waals surface area contributed by atoms with Crippen molar-refractivity contribution in [3.8, 4) is 78.1 Å². The molecule has 4 heteroatoms. The number of hydrogen-bond acceptors (Lipinski definition) is 2. The lowest BCUT2D eigenvalue weighted by molar-refractivity contribution is 1.19. The Kier molecular flexibility index (Phi) is 18.2. The molecule has 0 saturated heterocycles. The van der Waals surface area contributed by atoms with Gasteiger partial charge in [0.05, 0.1) is 27.8 Å². The molecule has 24 aromatic rings. The highest BCUT2D eigenvalue weighted by Crippen LogP contribution is 2.52. The Morgan fingerprint density at radius 3 is 0.798 bits per heavy atom. The van der Waals surface area contributed by atoms with Crippen LogP contribution in [0.1, 0.15) is 0 Å². The summed E-state index contributed by atoms with van der Waals surface area (Å²) in [6.07, 6.45) is 0. The molecule has 22 aromatic carbocycles. The molecule has 0 aliphatic heterocycles. The van der Waals surface area contributed by atoms with E-state index in [0.29, 0.717) is 0 Å². The SMILES string of the molecule is c1ccc(-c2ccc(-c3ccc(N(c4ccccc4)c4ccc(-c5cc6c7ccccc7c7c(c8ccccc8n7-c7ccccc7)c6c6ccccc56)cc4)cc3)cc2)cc1.c1ccc(-c2ccc(N(c3ccc(-c4cc5c6ccccc6c6c(c7ccccc7n6-c6ccccc6)c5c5ccccc45)cc3)c3ccccc3-c3ccccc3)cc2)cc1. The summed E-state index contributed by atoms with van der Waals surface area (Å²) in [4.78, 5) is 4.74. The number of para-hydroxylation sites is 6. The van der Waals surface area contributed by atoms with Crippen LogP contribution in [0.15, 0.2) is 485 Å². The molecule has 2 aromatic heterocycles. The van der Waals surface area contributed by atoms with Crippen LogP contribution in [0, 0.1) is 0 Å². The highest BCUT2D eigenvalue weighted by Gasteiger charge is 2.26. The molecule has 24 rings (SSSR count). The summed E-state index contributed by atoms with van der Waals surface area (Å²) in [6, 6.07) is 176. The number of hydrogen-bond donors (Lipinski definition) is 0. The number of rotatable bonds is 14. The van der Waals surface area contributed by atoms with Crippen LogP contribution in [-0.4, -0.2) is 9.13 Å². The van der Waals surface area contributed by atoms with Gasteiger partial charge in [-0.2, -0.15) is 0 Å². The summed E-state index contributed by atoms with van der Waals surface area (Å²) >= 11 is 0. The first kappa shape index (κ1) is 72.8. The lowest BCUT2D eigenvalue weighted by Crippen LogP contribution is -2.11. The smallest absolute Gasteiger partial charge is 0.0626 e. The summed E-state index contributed by atoms with van der Waals surface area (Å²) in [5, 5.41) is 20.2. The van der Waals surface area contributed by atoms with Crippen LogP contribution < -0.4 is 9.80 Å². The fraction of sp³-hybridized carbons (Fsp3) is 0. The Bertz CT molecular complexity index is 8130. The van der Waals surface area contributed by atoms with Gasteiger partial charge >= 0.3 is 0 Å². The third kappa shape index (κ3) is 12.6. The second-order valence-electron chi connectivity index (χ2n) is 32.1. The van der Waals surface area contributed by atoms with E-state index >= 15 is 0 Å². The highest BCUT2D eigenvalue weighted by atomic mass is 15.1. The molecule has 124 heavy (non-hydrogen) atoms. The highest BCUT2D eigenvalue weighted by molar-refractivity contribution is 6.40. The third-order valence-corrected chi connectivity index (χ3v) is 25.1.